The molecule has 1 atom stereocenters. The summed E-state index contributed by atoms with van der Waals surface area (Å²) in [5.41, 5.74) is 0. The van der Waals surface area contributed by atoms with Gasteiger partial charge in [0.15, 0.2) is 11.6 Å². The van der Waals surface area contributed by atoms with Gasteiger partial charge in [-0.15, -0.1) is 0 Å². The van der Waals surface area contributed by atoms with E-state index in [-0.39, 0.29) is 6.10 Å². The highest BCUT2D eigenvalue weighted by atomic mass is 16.5. The number of anilines is 1. The molecular weight excluding hydrogens is 226 g/mol. The fraction of sp³-hybridized carbons (Fsp3) is 0.643. The third-order valence-electron chi connectivity index (χ3n) is 3.18. The van der Waals surface area contributed by atoms with Gasteiger partial charge in [0.25, 0.3) is 0 Å². The number of pyridine rings is 1. The van der Waals surface area contributed by atoms with Crippen molar-refractivity contribution < 1.29 is 4.74 Å². The Labute approximate surface area is 109 Å². The first kappa shape index (κ1) is 13.1. The van der Waals surface area contributed by atoms with E-state index in [0.29, 0.717) is 5.92 Å². The summed E-state index contributed by atoms with van der Waals surface area (Å²) in [6.07, 6.45) is 3.24. The summed E-state index contributed by atoms with van der Waals surface area (Å²) in [6, 6.07) is 3.88. The number of nitrogens with one attached hydrogen (secondary N) is 1. The molecule has 1 aliphatic rings. The van der Waals surface area contributed by atoms with Crippen LogP contribution in [-0.4, -0.2) is 42.7 Å². The first-order valence-electron chi connectivity index (χ1n) is 6.69. The molecule has 4 heteroatoms. The van der Waals surface area contributed by atoms with Gasteiger partial charge in [-0.05, 0) is 51.9 Å². The third-order valence-corrected chi connectivity index (χ3v) is 3.18. The van der Waals surface area contributed by atoms with Crippen molar-refractivity contribution in [2.24, 2.45) is 5.92 Å². The first-order valence-corrected chi connectivity index (χ1v) is 6.69. The molecule has 2 heterocycles. The lowest BCUT2D eigenvalue weighted by Crippen LogP contribution is -2.20. The van der Waals surface area contributed by atoms with Crippen molar-refractivity contribution in [3.8, 4) is 5.75 Å². The van der Waals surface area contributed by atoms with Crippen LogP contribution in [0, 0.1) is 5.92 Å². The van der Waals surface area contributed by atoms with Gasteiger partial charge >= 0.3 is 0 Å². The van der Waals surface area contributed by atoms with Crippen molar-refractivity contribution in [1.29, 1.82) is 0 Å². The van der Waals surface area contributed by atoms with Crippen LogP contribution >= 0.6 is 0 Å². The van der Waals surface area contributed by atoms with Crippen molar-refractivity contribution in [3.63, 3.8) is 0 Å². The van der Waals surface area contributed by atoms with Gasteiger partial charge in [0.2, 0.25) is 0 Å². The molecule has 1 aliphatic heterocycles. The number of hydrogen-bond acceptors (Lipinski definition) is 4. The topological polar surface area (TPSA) is 37.4 Å². The van der Waals surface area contributed by atoms with Crippen molar-refractivity contribution >= 4 is 5.82 Å². The molecule has 0 amide bonds. The molecule has 0 saturated carbocycles. The Kier molecular flexibility index (Phi) is 4.42. The van der Waals surface area contributed by atoms with Gasteiger partial charge in [-0.2, -0.15) is 0 Å². The van der Waals surface area contributed by atoms with Crippen LogP contribution in [0.5, 0.6) is 5.75 Å². The lowest BCUT2D eigenvalue weighted by molar-refractivity contribution is 0.243. The van der Waals surface area contributed by atoms with Crippen LogP contribution in [0.2, 0.25) is 0 Å². The zero-order valence-corrected chi connectivity index (χ0v) is 11.5. The molecule has 1 saturated heterocycles. The highest BCUT2D eigenvalue weighted by Crippen LogP contribution is 2.23. The van der Waals surface area contributed by atoms with E-state index in [1.54, 1.807) is 6.20 Å². The Hall–Kier alpha value is -1.29. The summed E-state index contributed by atoms with van der Waals surface area (Å²) in [5, 5.41) is 3.42. The minimum atomic E-state index is 0.173. The maximum atomic E-state index is 5.75. The summed E-state index contributed by atoms with van der Waals surface area (Å²) in [6.45, 7) is 7.39. The molecule has 2 rings (SSSR count). The summed E-state index contributed by atoms with van der Waals surface area (Å²) in [4.78, 5) is 6.73. The first-order chi connectivity index (χ1) is 8.65. The van der Waals surface area contributed by atoms with Gasteiger partial charge < -0.3 is 15.0 Å². The standard InChI is InChI=1S/C14H23N3O/c1-11(2)18-13-5-4-7-15-14(13)16-9-12-6-8-17(3)10-12/h4-5,7,11-12H,6,8-10H2,1-3H3,(H,15,16). The predicted octanol–water partition coefficient (Wildman–Crippen LogP) is 2.23. The molecule has 1 N–H and O–H groups in total. The van der Waals surface area contributed by atoms with Crippen molar-refractivity contribution in [2.75, 3.05) is 32.0 Å². The van der Waals surface area contributed by atoms with E-state index in [0.717, 1.165) is 18.1 Å². The quantitative estimate of drug-likeness (QED) is 0.868. The number of aromatic nitrogens is 1. The molecule has 0 aliphatic carbocycles. The molecule has 18 heavy (non-hydrogen) atoms. The SMILES string of the molecule is CC(C)Oc1cccnc1NCC1CCN(C)C1. The molecule has 1 aromatic rings. The highest BCUT2D eigenvalue weighted by molar-refractivity contribution is 5.49. The van der Waals surface area contributed by atoms with E-state index in [2.05, 4.69) is 22.2 Å². The minimum absolute atomic E-state index is 0.173. The van der Waals surface area contributed by atoms with Crippen LogP contribution in [0.4, 0.5) is 5.82 Å². The van der Waals surface area contributed by atoms with Crippen molar-refractivity contribution in [3.05, 3.63) is 18.3 Å². The van der Waals surface area contributed by atoms with E-state index in [9.17, 15) is 0 Å². The minimum Gasteiger partial charge on any atom is -0.487 e. The Morgan fingerprint density at radius 1 is 1.56 bits per heavy atom. The molecule has 1 fully saturated rings. The largest absolute Gasteiger partial charge is 0.487 e. The molecule has 4 nitrogen and oxygen atoms in total. The van der Waals surface area contributed by atoms with Crippen molar-refractivity contribution in [2.45, 2.75) is 26.4 Å². The fourth-order valence-corrected chi connectivity index (χ4v) is 2.31. The number of hydrogen-bond donors (Lipinski definition) is 1. The second-order valence-electron chi connectivity index (χ2n) is 5.31. The van der Waals surface area contributed by atoms with Gasteiger partial charge in [0.05, 0.1) is 6.10 Å². The molecule has 1 unspecified atom stereocenters. The van der Waals surface area contributed by atoms with Gasteiger partial charge in [-0.25, -0.2) is 4.98 Å². The molecule has 0 spiro atoms. The molecule has 0 bridgehead atoms. The highest BCUT2D eigenvalue weighted by Gasteiger charge is 2.19. The van der Waals surface area contributed by atoms with E-state index < -0.39 is 0 Å². The Bertz CT molecular complexity index is 381. The fourth-order valence-electron chi connectivity index (χ4n) is 2.31. The van der Waals surface area contributed by atoms with E-state index >= 15 is 0 Å². The molecular formula is C14H23N3O. The summed E-state index contributed by atoms with van der Waals surface area (Å²) >= 11 is 0. The van der Waals surface area contributed by atoms with Crippen LogP contribution in [0.1, 0.15) is 20.3 Å². The zero-order valence-electron chi connectivity index (χ0n) is 11.5. The van der Waals surface area contributed by atoms with Crippen LogP contribution in [-0.2, 0) is 0 Å². The van der Waals surface area contributed by atoms with Crippen molar-refractivity contribution in [1.82, 2.24) is 9.88 Å². The Morgan fingerprint density at radius 3 is 3.06 bits per heavy atom. The Morgan fingerprint density at radius 2 is 2.39 bits per heavy atom. The predicted molar refractivity (Wildman–Crippen MR) is 74.1 cm³/mol. The van der Waals surface area contributed by atoms with Crippen LogP contribution in [0.25, 0.3) is 0 Å². The average Bonchev–Trinajstić information content (AvgIpc) is 2.73. The van der Waals surface area contributed by atoms with Gasteiger partial charge in [0, 0.05) is 19.3 Å². The lowest BCUT2D eigenvalue weighted by Gasteiger charge is -2.16. The maximum Gasteiger partial charge on any atom is 0.168 e. The number of rotatable bonds is 5. The van der Waals surface area contributed by atoms with E-state index in [4.69, 9.17) is 4.74 Å². The molecule has 0 aromatic carbocycles. The summed E-state index contributed by atoms with van der Waals surface area (Å²) in [7, 11) is 2.17. The molecule has 100 valence electrons. The zero-order chi connectivity index (χ0) is 13.0. The monoisotopic (exact) mass is 249 g/mol. The second kappa shape index (κ2) is 6.05. The van der Waals surface area contributed by atoms with Crippen LogP contribution in [0.15, 0.2) is 18.3 Å². The third kappa shape index (κ3) is 3.60. The van der Waals surface area contributed by atoms with Gasteiger partial charge in [-0.1, -0.05) is 0 Å². The van der Waals surface area contributed by atoms with Gasteiger partial charge in [0.1, 0.15) is 0 Å². The number of likely N-dealkylation sites (tertiary alicyclic amines) is 1. The molecule has 0 radical (unpaired) electrons. The van der Waals surface area contributed by atoms with E-state index in [1.807, 2.05) is 26.0 Å². The lowest BCUT2D eigenvalue weighted by atomic mass is 10.1. The van der Waals surface area contributed by atoms with Gasteiger partial charge in [-0.3, -0.25) is 0 Å². The van der Waals surface area contributed by atoms with E-state index in [1.165, 1.54) is 19.5 Å². The van der Waals surface area contributed by atoms with Crippen LogP contribution in [0.3, 0.4) is 0 Å². The Balaban J connectivity index is 1.92. The smallest absolute Gasteiger partial charge is 0.168 e. The van der Waals surface area contributed by atoms with Crippen LogP contribution < -0.4 is 10.1 Å². The number of nitrogens with zero attached hydrogens (tertiary/aromatic N) is 2. The summed E-state index contributed by atoms with van der Waals surface area (Å²) < 4.78 is 5.75. The maximum absolute atomic E-state index is 5.75. The normalized spacial score (nSPS) is 20.3. The molecule has 1 aromatic heterocycles. The second-order valence-corrected chi connectivity index (χ2v) is 5.31. The average molecular weight is 249 g/mol. The summed E-state index contributed by atoms with van der Waals surface area (Å²) in [5.74, 6) is 2.42. The number of ether oxygens (including phenoxy) is 1.